The Morgan fingerprint density at radius 2 is 1.74 bits per heavy atom. The van der Waals surface area contributed by atoms with Gasteiger partial charge in [0.25, 0.3) is 0 Å². The van der Waals surface area contributed by atoms with Crippen LogP contribution in [0.2, 0.25) is 10.3 Å². The topological polar surface area (TPSA) is 25.8 Å². The number of halogens is 2. The van der Waals surface area contributed by atoms with Crippen LogP contribution in [-0.4, -0.2) is 15.7 Å². The largest absolute Gasteiger partial charge is 0.220 e. The lowest BCUT2D eigenvalue weighted by Gasteiger charge is -2.13. The first-order valence-electron chi connectivity index (χ1n) is 6.87. The Balaban J connectivity index is 2.07. The first-order valence-corrected chi connectivity index (χ1v) is 8.78. The predicted octanol–water partition coefficient (Wildman–Crippen LogP) is 5.33. The Bertz CT molecular complexity index is 408. The van der Waals surface area contributed by atoms with Crippen LogP contribution < -0.4 is 0 Å². The van der Waals surface area contributed by atoms with Crippen molar-refractivity contribution in [2.45, 2.75) is 51.2 Å². The molecule has 2 rings (SSSR count). The molecule has 1 aromatic rings. The molecule has 0 unspecified atom stereocenters. The molecule has 0 bridgehead atoms. The van der Waals surface area contributed by atoms with E-state index in [-0.39, 0.29) is 0 Å². The van der Waals surface area contributed by atoms with Crippen LogP contribution in [0.25, 0.3) is 0 Å². The van der Waals surface area contributed by atoms with Crippen molar-refractivity contribution in [3.05, 3.63) is 21.7 Å². The monoisotopic (exact) mass is 318 g/mol. The fourth-order valence-electron chi connectivity index (χ4n) is 2.46. The van der Waals surface area contributed by atoms with Gasteiger partial charge >= 0.3 is 0 Å². The van der Waals surface area contributed by atoms with E-state index in [2.05, 4.69) is 23.8 Å². The van der Waals surface area contributed by atoms with E-state index < -0.39 is 0 Å². The van der Waals surface area contributed by atoms with Crippen molar-refractivity contribution >= 4 is 35.0 Å². The number of hydrogen-bond acceptors (Lipinski definition) is 3. The summed E-state index contributed by atoms with van der Waals surface area (Å²) in [5, 5.41) is 1.12. The minimum atomic E-state index is 0.456. The molecule has 1 aromatic heterocycles. The first kappa shape index (κ1) is 15.4. The summed E-state index contributed by atoms with van der Waals surface area (Å²) in [6.45, 7) is 4.41. The van der Waals surface area contributed by atoms with E-state index in [1.165, 1.54) is 12.8 Å². The lowest BCUT2D eigenvalue weighted by molar-refractivity contribution is 0.711. The van der Waals surface area contributed by atoms with Crippen LogP contribution in [0.4, 0.5) is 0 Å². The van der Waals surface area contributed by atoms with E-state index in [1.54, 1.807) is 0 Å². The fourth-order valence-corrected chi connectivity index (χ4v) is 4.09. The Morgan fingerprint density at radius 3 is 2.26 bits per heavy atom. The second kappa shape index (κ2) is 7.14. The quantitative estimate of drug-likeness (QED) is 0.686. The van der Waals surface area contributed by atoms with Crippen LogP contribution in [0.1, 0.15) is 56.8 Å². The van der Waals surface area contributed by atoms with Crippen molar-refractivity contribution in [3.8, 4) is 0 Å². The van der Waals surface area contributed by atoms with E-state index >= 15 is 0 Å². The standard InChI is InChI=1S/C14H20Cl2N2S/c1-9(2)7-19-8-11-17-13(15)12(14(16)18-11)10-5-3-4-6-10/h9-10H,3-8H2,1-2H3. The van der Waals surface area contributed by atoms with Crippen LogP contribution in [0.5, 0.6) is 0 Å². The molecule has 1 saturated carbocycles. The van der Waals surface area contributed by atoms with E-state index in [9.17, 15) is 0 Å². The molecule has 1 aliphatic rings. The molecule has 0 amide bonds. The highest BCUT2D eigenvalue weighted by molar-refractivity contribution is 7.98. The third-order valence-electron chi connectivity index (χ3n) is 3.34. The summed E-state index contributed by atoms with van der Waals surface area (Å²) in [5.74, 6) is 3.76. The van der Waals surface area contributed by atoms with Crippen LogP contribution in [0, 0.1) is 5.92 Å². The van der Waals surface area contributed by atoms with Gasteiger partial charge < -0.3 is 0 Å². The second-order valence-electron chi connectivity index (χ2n) is 5.53. The summed E-state index contributed by atoms with van der Waals surface area (Å²) in [6, 6.07) is 0. The maximum absolute atomic E-state index is 6.31. The van der Waals surface area contributed by atoms with Crippen molar-refractivity contribution in [3.63, 3.8) is 0 Å². The molecular formula is C14H20Cl2N2S. The van der Waals surface area contributed by atoms with Crippen LogP contribution in [0.3, 0.4) is 0 Å². The van der Waals surface area contributed by atoms with Crippen molar-refractivity contribution in [2.24, 2.45) is 5.92 Å². The molecule has 0 radical (unpaired) electrons. The molecule has 1 aliphatic carbocycles. The SMILES string of the molecule is CC(C)CSCc1nc(Cl)c(C2CCCC2)c(Cl)n1. The van der Waals surface area contributed by atoms with Gasteiger partial charge in [-0.15, -0.1) is 0 Å². The Kier molecular flexibility index (Phi) is 5.79. The van der Waals surface area contributed by atoms with Crippen molar-refractivity contribution < 1.29 is 0 Å². The lowest BCUT2D eigenvalue weighted by atomic mass is 10.0. The molecule has 106 valence electrons. The lowest BCUT2D eigenvalue weighted by Crippen LogP contribution is -2.03. The molecule has 19 heavy (non-hydrogen) atoms. The van der Waals surface area contributed by atoms with Gasteiger partial charge in [0.05, 0.1) is 5.75 Å². The molecule has 1 heterocycles. The highest BCUT2D eigenvalue weighted by Crippen LogP contribution is 2.40. The van der Waals surface area contributed by atoms with Crippen molar-refractivity contribution in [1.29, 1.82) is 0 Å². The molecule has 1 fully saturated rings. The normalized spacial score (nSPS) is 16.5. The zero-order chi connectivity index (χ0) is 13.8. The summed E-state index contributed by atoms with van der Waals surface area (Å²) in [5.41, 5.74) is 0.971. The molecule has 0 aromatic carbocycles. The number of nitrogens with zero attached hydrogens (tertiary/aromatic N) is 2. The Hall–Kier alpha value is 0.01000. The number of thioether (sulfide) groups is 1. The number of hydrogen-bond donors (Lipinski definition) is 0. The Labute approximate surface area is 129 Å². The van der Waals surface area contributed by atoms with Gasteiger partial charge in [0.1, 0.15) is 16.1 Å². The number of rotatable bonds is 5. The minimum Gasteiger partial charge on any atom is -0.220 e. The van der Waals surface area contributed by atoms with Crippen molar-refractivity contribution in [1.82, 2.24) is 9.97 Å². The van der Waals surface area contributed by atoms with Gasteiger partial charge in [0.15, 0.2) is 0 Å². The molecule has 2 nitrogen and oxygen atoms in total. The van der Waals surface area contributed by atoms with Gasteiger partial charge in [-0.1, -0.05) is 49.9 Å². The fraction of sp³-hybridized carbons (Fsp3) is 0.714. The van der Waals surface area contributed by atoms with E-state index in [0.717, 1.165) is 35.7 Å². The summed E-state index contributed by atoms with van der Waals surface area (Å²) < 4.78 is 0. The maximum atomic E-state index is 6.31. The molecule has 0 spiro atoms. The average Bonchev–Trinajstić information content (AvgIpc) is 2.81. The highest BCUT2D eigenvalue weighted by atomic mass is 35.5. The summed E-state index contributed by atoms with van der Waals surface area (Å²) in [6.07, 6.45) is 4.82. The molecular weight excluding hydrogens is 299 g/mol. The van der Waals surface area contributed by atoms with Gasteiger partial charge in [-0.05, 0) is 30.4 Å². The van der Waals surface area contributed by atoms with Gasteiger partial charge in [0, 0.05) is 5.56 Å². The van der Waals surface area contributed by atoms with Crippen LogP contribution in [0.15, 0.2) is 0 Å². The van der Waals surface area contributed by atoms with Gasteiger partial charge in [-0.25, -0.2) is 9.97 Å². The second-order valence-corrected chi connectivity index (χ2v) is 7.27. The molecule has 0 N–H and O–H groups in total. The zero-order valence-electron chi connectivity index (χ0n) is 11.5. The van der Waals surface area contributed by atoms with Gasteiger partial charge in [-0.3, -0.25) is 0 Å². The predicted molar refractivity (Wildman–Crippen MR) is 84.3 cm³/mol. The average molecular weight is 319 g/mol. The summed E-state index contributed by atoms with van der Waals surface area (Å²) in [4.78, 5) is 8.85. The highest BCUT2D eigenvalue weighted by Gasteiger charge is 2.24. The first-order chi connectivity index (χ1) is 9.08. The summed E-state index contributed by atoms with van der Waals surface area (Å²) >= 11 is 14.5. The molecule has 0 saturated heterocycles. The van der Waals surface area contributed by atoms with Gasteiger partial charge in [-0.2, -0.15) is 11.8 Å². The maximum Gasteiger partial charge on any atom is 0.141 e. The zero-order valence-corrected chi connectivity index (χ0v) is 13.8. The smallest absolute Gasteiger partial charge is 0.141 e. The van der Waals surface area contributed by atoms with E-state index in [1.807, 2.05) is 11.8 Å². The van der Waals surface area contributed by atoms with Gasteiger partial charge in [0.2, 0.25) is 0 Å². The molecule has 0 atom stereocenters. The minimum absolute atomic E-state index is 0.456. The van der Waals surface area contributed by atoms with E-state index in [0.29, 0.717) is 22.1 Å². The Morgan fingerprint density at radius 1 is 1.16 bits per heavy atom. The third-order valence-corrected chi connectivity index (χ3v) is 5.29. The summed E-state index contributed by atoms with van der Waals surface area (Å²) in [7, 11) is 0. The van der Waals surface area contributed by atoms with Crippen LogP contribution >= 0.6 is 35.0 Å². The van der Waals surface area contributed by atoms with Crippen molar-refractivity contribution in [2.75, 3.05) is 5.75 Å². The third kappa shape index (κ3) is 4.24. The number of aromatic nitrogens is 2. The molecule has 5 heteroatoms. The van der Waals surface area contributed by atoms with E-state index in [4.69, 9.17) is 23.2 Å². The molecule has 0 aliphatic heterocycles. The van der Waals surface area contributed by atoms with Crippen LogP contribution in [-0.2, 0) is 5.75 Å².